The molecule has 3 aromatic rings. The molecular weight excluding hydrogens is 388 g/mol. The molecule has 0 fully saturated rings. The Morgan fingerprint density at radius 1 is 1.03 bits per heavy atom. The minimum absolute atomic E-state index is 0.253. The number of rotatable bonds is 7. The number of benzene rings is 2. The van der Waals surface area contributed by atoms with Crippen LogP contribution in [0, 0.1) is 0 Å². The third-order valence-electron chi connectivity index (χ3n) is 4.27. The number of carbonyl (C=O) groups excluding carboxylic acids is 3. The molecule has 0 saturated heterocycles. The fraction of sp³-hybridized carbons (Fsp3) is 0.200. The Labute approximate surface area is 172 Å². The van der Waals surface area contributed by atoms with Crippen LogP contribution in [0.2, 0.25) is 0 Å². The molecule has 10 heteroatoms. The molecule has 0 aliphatic carbocycles. The molecule has 0 bridgehead atoms. The molecule has 3 amide bonds. The Kier molecular flexibility index (Phi) is 6.83. The largest absolute Gasteiger partial charge is 0.446 e. The van der Waals surface area contributed by atoms with Gasteiger partial charge in [-0.05, 0) is 16.0 Å². The Morgan fingerprint density at radius 2 is 1.70 bits per heavy atom. The number of hydrogen-bond donors (Lipinski definition) is 2. The van der Waals surface area contributed by atoms with Crippen LogP contribution >= 0.6 is 0 Å². The van der Waals surface area contributed by atoms with Gasteiger partial charge < -0.3 is 10.1 Å². The van der Waals surface area contributed by atoms with Crippen LogP contribution in [0.1, 0.15) is 23.3 Å². The van der Waals surface area contributed by atoms with E-state index in [1.54, 1.807) is 30.3 Å². The summed E-state index contributed by atoms with van der Waals surface area (Å²) >= 11 is 0. The molecule has 2 N–H and O–H groups in total. The molecule has 10 nitrogen and oxygen atoms in total. The van der Waals surface area contributed by atoms with Crippen molar-refractivity contribution < 1.29 is 19.1 Å². The van der Waals surface area contributed by atoms with Crippen LogP contribution in [0.15, 0.2) is 67.0 Å². The Morgan fingerprint density at radius 3 is 2.30 bits per heavy atom. The zero-order chi connectivity index (χ0) is 21.3. The van der Waals surface area contributed by atoms with E-state index in [9.17, 15) is 14.4 Å². The highest BCUT2D eigenvalue weighted by atomic mass is 16.5. The monoisotopic (exact) mass is 408 g/mol. The molecule has 0 saturated carbocycles. The van der Waals surface area contributed by atoms with E-state index in [0.29, 0.717) is 5.56 Å². The lowest BCUT2D eigenvalue weighted by Crippen LogP contribution is -2.41. The number of tetrazole rings is 1. The van der Waals surface area contributed by atoms with E-state index in [4.69, 9.17) is 4.74 Å². The number of nitrogens with one attached hydrogen (secondary N) is 2. The van der Waals surface area contributed by atoms with Crippen molar-refractivity contribution in [2.24, 2.45) is 0 Å². The second kappa shape index (κ2) is 9.92. The van der Waals surface area contributed by atoms with E-state index in [1.165, 1.54) is 18.1 Å². The number of imide groups is 1. The third kappa shape index (κ3) is 5.25. The van der Waals surface area contributed by atoms with Crippen molar-refractivity contribution in [2.75, 3.05) is 7.05 Å². The minimum Gasteiger partial charge on any atom is -0.446 e. The highest BCUT2D eigenvalue weighted by Crippen LogP contribution is 2.22. The van der Waals surface area contributed by atoms with Crippen LogP contribution in [0.25, 0.3) is 0 Å². The van der Waals surface area contributed by atoms with Gasteiger partial charge in [0, 0.05) is 19.0 Å². The maximum absolute atomic E-state index is 13.1. The molecule has 1 aromatic heterocycles. The summed E-state index contributed by atoms with van der Waals surface area (Å²) in [5, 5.41) is 15.4. The highest BCUT2D eigenvalue weighted by Gasteiger charge is 2.31. The van der Waals surface area contributed by atoms with E-state index in [0.717, 1.165) is 5.56 Å². The number of urea groups is 1. The number of aromatic nitrogens is 4. The van der Waals surface area contributed by atoms with Crippen molar-refractivity contribution in [1.82, 2.24) is 30.8 Å². The van der Waals surface area contributed by atoms with Gasteiger partial charge in [0.25, 0.3) is 5.91 Å². The second-order valence-corrected chi connectivity index (χ2v) is 6.29. The van der Waals surface area contributed by atoms with Gasteiger partial charge in [-0.1, -0.05) is 60.7 Å². The van der Waals surface area contributed by atoms with Gasteiger partial charge in [0.15, 0.2) is 6.04 Å². The van der Waals surface area contributed by atoms with Crippen molar-refractivity contribution in [3.8, 4) is 0 Å². The maximum atomic E-state index is 13.1. The summed E-state index contributed by atoms with van der Waals surface area (Å²) in [7, 11) is 1.37. The standard InChI is InChI=1S/C20H20N6O4/c1-21-20(29)23-18(27)17(15-10-6-3-7-11-15)30-19(28)16(26-13-22-24-25-26)12-14-8-4-2-5-9-14/h2-11,13,16-17H,12H2,1H3,(H2,21,23,27,29)/t16-,17-/m1/s1. The Hall–Kier alpha value is -4.08. The number of hydrogen-bond acceptors (Lipinski definition) is 7. The zero-order valence-electron chi connectivity index (χ0n) is 16.1. The van der Waals surface area contributed by atoms with E-state index in [-0.39, 0.29) is 6.42 Å². The highest BCUT2D eigenvalue weighted by molar-refractivity contribution is 5.97. The number of esters is 1. The van der Waals surface area contributed by atoms with Crippen molar-refractivity contribution >= 4 is 17.9 Å². The molecule has 1 heterocycles. The third-order valence-corrected chi connectivity index (χ3v) is 4.27. The van der Waals surface area contributed by atoms with E-state index in [2.05, 4.69) is 26.2 Å². The molecule has 0 unspecified atom stereocenters. The first-order chi connectivity index (χ1) is 14.6. The summed E-state index contributed by atoms with van der Waals surface area (Å²) in [4.78, 5) is 37.3. The average molecular weight is 408 g/mol. The van der Waals surface area contributed by atoms with Crippen molar-refractivity contribution in [3.63, 3.8) is 0 Å². The van der Waals surface area contributed by atoms with Crippen molar-refractivity contribution in [1.29, 1.82) is 0 Å². The lowest BCUT2D eigenvalue weighted by Gasteiger charge is -2.21. The van der Waals surface area contributed by atoms with Crippen LogP contribution < -0.4 is 10.6 Å². The SMILES string of the molecule is CNC(=O)NC(=O)[C@H](OC(=O)[C@@H](Cc1ccccc1)n1cnnn1)c1ccccc1. The quantitative estimate of drug-likeness (QED) is 0.562. The van der Waals surface area contributed by atoms with Crippen LogP contribution in [0.4, 0.5) is 4.79 Å². The summed E-state index contributed by atoms with van der Waals surface area (Å²) in [6.07, 6.45) is 0.228. The summed E-state index contributed by atoms with van der Waals surface area (Å²) in [5.41, 5.74) is 1.28. The predicted octanol–water partition coefficient (Wildman–Crippen LogP) is 1.20. The van der Waals surface area contributed by atoms with Crippen LogP contribution in [0.5, 0.6) is 0 Å². The molecule has 154 valence electrons. The van der Waals surface area contributed by atoms with Gasteiger partial charge in [0.05, 0.1) is 0 Å². The summed E-state index contributed by atoms with van der Waals surface area (Å²) in [5.74, 6) is -1.49. The lowest BCUT2D eigenvalue weighted by atomic mass is 10.1. The Bertz CT molecular complexity index is 979. The van der Waals surface area contributed by atoms with Crippen molar-refractivity contribution in [3.05, 3.63) is 78.1 Å². The minimum atomic E-state index is -1.33. The molecule has 30 heavy (non-hydrogen) atoms. The molecule has 2 atom stereocenters. The fourth-order valence-electron chi connectivity index (χ4n) is 2.77. The normalized spacial score (nSPS) is 12.4. The van der Waals surface area contributed by atoms with Crippen molar-refractivity contribution in [2.45, 2.75) is 18.6 Å². The summed E-state index contributed by atoms with van der Waals surface area (Å²) in [6.45, 7) is 0. The van der Waals surface area contributed by atoms with Crippen LogP contribution in [0.3, 0.4) is 0 Å². The topological polar surface area (TPSA) is 128 Å². The first-order valence-electron chi connectivity index (χ1n) is 9.13. The fourth-order valence-corrected chi connectivity index (χ4v) is 2.77. The first kappa shape index (κ1) is 20.6. The smallest absolute Gasteiger partial charge is 0.332 e. The lowest BCUT2D eigenvalue weighted by molar-refractivity contribution is -0.159. The molecule has 0 aliphatic rings. The molecule has 0 radical (unpaired) electrons. The predicted molar refractivity (Wildman–Crippen MR) is 105 cm³/mol. The van der Waals surface area contributed by atoms with Crippen LogP contribution in [-0.4, -0.2) is 45.2 Å². The number of nitrogens with zero attached hydrogens (tertiary/aromatic N) is 4. The maximum Gasteiger partial charge on any atom is 0.332 e. The summed E-state index contributed by atoms with van der Waals surface area (Å²) < 4.78 is 6.83. The number of amides is 3. The average Bonchev–Trinajstić information content (AvgIpc) is 3.31. The van der Waals surface area contributed by atoms with Gasteiger partial charge >= 0.3 is 12.0 Å². The van der Waals surface area contributed by atoms with Crippen LogP contribution in [-0.2, 0) is 20.7 Å². The van der Waals surface area contributed by atoms with Gasteiger partial charge in [-0.15, -0.1) is 5.10 Å². The number of carbonyl (C=O) groups is 3. The number of ether oxygens (including phenoxy) is 1. The van der Waals surface area contributed by atoms with E-state index >= 15 is 0 Å². The molecule has 0 aliphatic heterocycles. The van der Waals surface area contributed by atoms with E-state index in [1.807, 2.05) is 30.3 Å². The van der Waals surface area contributed by atoms with Gasteiger partial charge in [-0.3, -0.25) is 10.1 Å². The van der Waals surface area contributed by atoms with Gasteiger partial charge in [-0.25, -0.2) is 14.3 Å². The van der Waals surface area contributed by atoms with Gasteiger partial charge in [0.1, 0.15) is 6.33 Å². The molecule has 0 spiro atoms. The molecule has 2 aromatic carbocycles. The Balaban J connectivity index is 1.86. The van der Waals surface area contributed by atoms with E-state index < -0.39 is 30.1 Å². The first-order valence-corrected chi connectivity index (χ1v) is 9.13. The van der Waals surface area contributed by atoms with Gasteiger partial charge in [0.2, 0.25) is 6.10 Å². The molecular formula is C20H20N6O4. The zero-order valence-corrected chi connectivity index (χ0v) is 16.1. The summed E-state index contributed by atoms with van der Waals surface area (Å²) in [6, 6.07) is 16.1. The second-order valence-electron chi connectivity index (χ2n) is 6.29. The van der Waals surface area contributed by atoms with Gasteiger partial charge in [-0.2, -0.15) is 0 Å². The molecule has 3 rings (SSSR count).